The molecule has 3 heterocycles. The molecule has 6 rings (SSSR count). The van der Waals surface area contributed by atoms with E-state index in [9.17, 15) is 13.2 Å². The Kier molecular flexibility index (Phi) is 10.9. The van der Waals surface area contributed by atoms with Crippen LogP contribution >= 0.6 is 0 Å². The summed E-state index contributed by atoms with van der Waals surface area (Å²) in [5.74, 6) is 1.05. The highest BCUT2D eigenvalue weighted by Gasteiger charge is 2.47. The molecule has 0 aromatic heterocycles. The lowest BCUT2D eigenvalue weighted by Crippen LogP contribution is -2.47. The summed E-state index contributed by atoms with van der Waals surface area (Å²) in [7, 11) is -2.08. The van der Waals surface area contributed by atoms with E-state index in [0.29, 0.717) is 27.8 Å². The number of ketones is 1. The molecule has 1 unspecified atom stereocenters. The van der Waals surface area contributed by atoms with Gasteiger partial charge in [0, 0.05) is 83.0 Å². The number of para-hydroxylation sites is 1. The van der Waals surface area contributed by atoms with Gasteiger partial charge in [-0.2, -0.15) is 0 Å². The standard InChI is InChI=1S/C47H57N3O4S/c1-11-43(51)41-30-49(35-19-21-37(54-10)22-20-35)29-40(47(41,8)9)39-31-50(36-15-13-12-14-16-36)42(27-46(39,6)7)34-17-23-38(24-18-34)55(52,53)44-32-48(28-33(2)3)26-25-45(44,4)5/h11-24,27,30-33,40H,1,25-26,28-29H2,2-10H3. The minimum Gasteiger partial charge on any atom is -0.497 e. The van der Waals surface area contributed by atoms with Crippen molar-refractivity contribution in [1.82, 2.24) is 4.90 Å². The van der Waals surface area contributed by atoms with Crippen LogP contribution in [0.15, 0.2) is 137 Å². The molecule has 0 N–H and O–H groups in total. The fourth-order valence-electron chi connectivity index (χ4n) is 8.28. The first-order chi connectivity index (χ1) is 25.9. The number of carbonyl (C=O) groups excluding carboxylic acids is 1. The average molecular weight is 760 g/mol. The summed E-state index contributed by atoms with van der Waals surface area (Å²) in [5.41, 5.74) is 4.29. The van der Waals surface area contributed by atoms with Gasteiger partial charge < -0.3 is 19.4 Å². The number of anilines is 2. The molecule has 0 saturated heterocycles. The fourth-order valence-corrected chi connectivity index (χ4v) is 10.1. The van der Waals surface area contributed by atoms with Crippen molar-refractivity contribution >= 4 is 32.7 Å². The van der Waals surface area contributed by atoms with Gasteiger partial charge in [-0.3, -0.25) is 4.79 Å². The molecule has 3 aromatic carbocycles. The van der Waals surface area contributed by atoms with Crippen LogP contribution in [-0.2, 0) is 14.6 Å². The maximum Gasteiger partial charge on any atom is 0.204 e. The lowest BCUT2D eigenvalue weighted by molar-refractivity contribution is -0.112. The zero-order valence-electron chi connectivity index (χ0n) is 34.0. The Morgan fingerprint density at radius 3 is 2.15 bits per heavy atom. The van der Waals surface area contributed by atoms with Gasteiger partial charge in [-0.25, -0.2) is 8.42 Å². The van der Waals surface area contributed by atoms with Crippen LogP contribution in [0.2, 0.25) is 0 Å². The molecule has 0 bridgehead atoms. The Hall–Kier alpha value is -4.82. The molecule has 0 spiro atoms. The smallest absolute Gasteiger partial charge is 0.204 e. The maximum absolute atomic E-state index is 14.3. The lowest BCUT2D eigenvalue weighted by atomic mass is 9.61. The highest BCUT2D eigenvalue weighted by atomic mass is 32.2. The number of allylic oxidation sites excluding steroid dienone is 4. The molecule has 3 aliphatic heterocycles. The predicted octanol–water partition coefficient (Wildman–Crippen LogP) is 10.3. The molecule has 7 nitrogen and oxygen atoms in total. The van der Waals surface area contributed by atoms with Crippen LogP contribution in [0.5, 0.6) is 5.75 Å². The van der Waals surface area contributed by atoms with Gasteiger partial charge in [0.2, 0.25) is 9.84 Å². The van der Waals surface area contributed by atoms with E-state index >= 15 is 0 Å². The normalized spacial score (nSPS) is 20.6. The monoisotopic (exact) mass is 759 g/mol. The van der Waals surface area contributed by atoms with Crippen LogP contribution in [0, 0.1) is 28.1 Å². The Labute approximate surface area is 329 Å². The summed E-state index contributed by atoms with van der Waals surface area (Å²) < 4.78 is 34.0. The average Bonchev–Trinajstić information content (AvgIpc) is 3.15. The molecule has 0 amide bonds. The number of methoxy groups -OCH3 is 1. The Morgan fingerprint density at radius 2 is 1.55 bits per heavy atom. The first-order valence-corrected chi connectivity index (χ1v) is 20.8. The molecule has 0 aliphatic carbocycles. The molecule has 8 heteroatoms. The van der Waals surface area contributed by atoms with E-state index in [1.165, 1.54) is 11.6 Å². The van der Waals surface area contributed by atoms with E-state index in [4.69, 9.17) is 4.74 Å². The van der Waals surface area contributed by atoms with Crippen molar-refractivity contribution in [3.63, 3.8) is 0 Å². The molecule has 0 fully saturated rings. The molecule has 290 valence electrons. The van der Waals surface area contributed by atoms with Crippen LogP contribution in [0.4, 0.5) is 11.4 Å². The second-order valence-corrected chi connectivity index (χ2v) is 19.2. The largest absolute Gasteiger partial charge is 0.497 e. The van der Waals surface area contributed by atoms with Crippen LogP contribution in [-0.4, -0.2) is 45.8 Å². The van der Waals surface area contributed by atoms with Crippen molar-refractivity contribution in [1.29, 1.82) is 0 Å². The highest BCUT2D eigenvalue weighted by Crippen LogP contribution is 2.52. The van der Waals surface area contributed by atoms with Crippen molar-refractivity contribution in [2.75, 3.05) is 36.5 Å². The summed E-state index contributed by atoms with van der Waals surface area (Å²) in [6.07, 6.45) is 10.6. The third-order valence-corrected chi connectivity index (χ3v) is 13.7. The lowest BCUT2D eigenvalue weighted by Gasteiger charge is -2.49. The predicted molar refractivity (Wildman–Crippen MR) is 226 cm³/mol. The van der Waals surface area contributed by atoms with Crippen LogP contribution in [0.3, 0.4) is 0 Å². The van der Waals surface area contributed by atoms with Crippen molar-refractivity contribution in [2.45, 2.75) is 66.7 Å². The SMILES string of the molecule is C=CC(=O)C1=CN(c2ccc(OC)cc2)CC(C2=CN(c3ccccc3)C(c3ccc(S(=O)(=O)C4=CN(CC(C)C)CCC4(C)C)cc3)=CC2(C)C)C1(C)C. The summed E-state index contributed by atoms with van der Waals surface area (Å²) >= 11 is 0. The molecule has 0 saturated carbocycles. The van der Waals surface area contributed by atoms with Gasteiger partial charge >= 0.3 is 0 Å². The van der Waals surface area contributed by atoms with Gasteiger partial charge in [0.05, 0.1) is 16.9 Å². The summed E-state index contributed by atoms with van der Waals surface area (Å²) in [4.78, 5) is 20.8. The number of benzene rings is 3. The number of hydrogen-bond donors (Lipinski definition) is 0. The number of rotatable bonds is 11. The molecule has 55 heavy (non-hydrogen) atoms. The van der Waals surface area contributed by atoms with Crippen molar-refractivity contribution in [2.24, 2.45) is 28.1 Å². The molecule has 1 atom stereocenters. The molecular weight excluding hydrogens is 703 g/mol. The van der Waals surface area contributed by atoms with E-state index in [0.717, 1.165) is 47.9 Å². The van der Waals surface area contributed by atoms with Crippen LogP contribution in [0.25, 0.3) is 5.70 Å². The van der Waals surface area contributed by atoms with Gasteiger partial charge in [-0.15, -0.1) is 0 Å². The number of sulfone groups is 1. The van der Waals surface area contributed by atoms with Crippen molar-refractivity contribution < 1.29 is 17.9 Å². The zero-order chi connectivity index (χ0) is 39.9. The summed E-state index contributed by atoms with van der Waals surface area (Å²) in [5, 5.41) is 0. The first kappa shape index (κ1) is 39.9. The van der Waals surface area contributed by atoms with E-state index < -0.39 is 26.1 Å². The van der Waals surface area contributed by atoms with Crippen molar-refractivity contribution in [3.05, 3.63) is 138 Å². The third kappa shape index (κ3) is 7.84. The maximum atomic E-state index is 14.3. The number of carbonyl (C=O) groups is 1. The Morgan fingerprint density at radius 1 is 0.891 bits per heavy atom. The zero-order valence-corrected chi connectivity index (χ0v) is 34.8. The summed E-state index contributed by atoms with van der Waals surface area (Å²) in [6.45, 7) is 23.3. The number of ether oxygens (including phenoxy) is 1. The van der Waals surface area contributed by atoms with Gasteiger partial charge in [-0.1, -0.05) is 92.3 Å². The molecule has 0 radical (unpaired) electrons. The van der Waals surface area contributed by atoms with E-state index in [2.05, 4.69) is 87.2 Å². The fraction of sp³-hybridized carbons (Fsp3) is 0.383. The van der Waals surface area contributed by atoms with Crippen LogP contribution in [0.1, 0.15) is 67.4 Å². The van der Waals surface area contributed by atoms with Gasteiger partial charge in [-0.05, 0) is 84.2 Å². The number of hydrogen-bond acceptors (Lipinski definition) is 7. The van der Waals surface area contributed by atoms with E-state index in [-0.39, 0.29) is 11.7 Å². The van der Waals surface area contributed by atoms with Gasteiger partial charge in [0.1, 0.15) is 5.75 Å². The van der Waals surface area contributed by atoms with Gasteiger partial charge in [0.25, 0.3) is 0 Å². The molecule has 3 aliphatic rings. The second kappa shape index (κ2) is 15.0. The van der Waals surface area contributed by atoms with E-state index in [1.807, 2.05) is 80.8 Å². The second-order valence-electron chi connectivity index (χ2n) is 17.3. The van der Waals surface area contributed by atoms with E-state index in [1.54, 1.807) is 19.2 Å². The molecular formula is C47H57N3O4S. The van der Waals surface area contributed by atoms with Gasteiger partial charge in [0.15, 0.2) is 5.78 Å². The minimum absolute atomic E-state index is 0.0626. The molecule has 3 aromatic rings. The Balaban J connectivity index is 1.41. The first-order valence-electron chi connectivity index (χ1n) is 19.3. The minimum atomic E-state index is -3.73. The Bertz CT molecular complexity index is 2160. The number of nitrogens with zero attached hydrogens (tertiary/aromatic N) is 3. The third-order valence-electron chi connectivity index (χ3n) is 11.6. The van der Waals surface area contributed by atoms with Crippen LogP contribution < -0.4 is 14.5 Å². The quantitative estimate of drug-likeness (QED) is 0.180. The summed E-state index contributed by atoms with van der Waals surface area (Å²) in [6, 6.07) is 25.5. The van der Waals surface area contributed by atoms with Crippen molar-refractivity contribution in [3.8, 4) is 5.75 Å². The highest BCUT2D eigenvalue weighted by molar-refractivity contribution is 7.95. The topological polar surface area (TPSA) is 70.2 Å².